The first-order valence-electron chi connectivity index (χ1n) is 11.2. The van der Waals surface area contributed by atoms with Gasteiger partial charge in [0.25, 0.3) is 5.89 Å². The second-order valence-electron chi connectivity index (χ2n) is 8.55. The molecule has 10 heteroatoms. The van der Waals surface area contributed by atoms with Gasteiger partial charge < -0.3 is 14.4 Å². The van der Waals surface area contributed by atoms with Crippen LogP contribution in [0.3, 0.4) is 0 Å². The van der Waals surface area contributed by atoms with Crippen molar-refractivity contribution in [1.29, 1.82) is 0 Å². The van der Waals surface area contributed by atoms with Gasteiger partial charge in [-0.1, -0.05) is 23.4 Å². The fourth-order valence-electron chi connectivity index (χ4n) is 4.09. The van der Waals surface area contributed by atoms with Crippen LogP contribution in [0, 0.1) is 18.6 Å². The Morgan fingerprint density at radius 1 is 1.08 bits per heavy atom. The van der Waals surface area contributed by atoms with Crippen LogP contribution in [0.25, 0.3) is 34.0 Å². The Kier molecular flexibility index (Phi) is 9.09. The van der Waals surface area contributed by atoms with E-state index in [1.807, 2.05) is 18.2 Å². The molecule has 7 nitrogen and oxygen atoms in total. The molecule has 0 radical (unpaired) electrons. The number of hydrogen-bond donors (Lipinski definition) is 1. The van der Waals surface area contributed by atoms with E-state index in [2.05, 4.69) is 10.1 Å². The Hall–Kier alpha value is -3.66. The largest absolute Gasteiger partial charge is 0.480 e. The number of benzene rings is 3. The van der Waals surface area contributed by atoms with Gasteiger partial charge in [0.1, 0.15) is 11.6 Å². The molecule has 194 valence electrons. The molecule has 1 heterocycles. The molecule has 1 aromatic heterocycles. The number of rotatable bonds is 9. The maximum atomic E-state index is 14.3. The van der Waals surface area contributed by atoms with Crippen LogP contribution in [0.5, 0.6) is 0 Å². The van der Waals surface area contributed by atoms with Gasteiger partial charge in [-0.25, -0.2) is 8.78 Å². The molecular weight excluding hydrogens is 504 g/mol. The Bertz CT molecular complexity index is 1410. The van der Waals surface area contributed by atoms with Gasteiger partial charge >= 0.3 is 5.97 Å². The summed E-state index contributed by atoms with van der Waals surface area (Å²) >= 11 is 0. The SMILES string of the molecule is COCc1cc(-c2nc(-c3cc(F)cc(CN(C)CC(=O)O)c3)no2)ccc1-c1cccc(F)c1C.Cl. The molecule has 0 saturated carbocycles. The van der Waals surface area contributed by atoms with Gasteiger partial charge in [-0.05, 0) is 78.2 Å². The normalized spacial score (nSPS) is 11.0. The van der Waals surface area contributed by atoms with Crippen LogP contribution < -0.4 is 0 Å². The van der Waals surface area contributed by atoms with E-state index in [0.29, 0.717) is 22.3 Å². The summed E-state index contributed by atoms with van der Waals surface area (Å²) in [6, 6.07) is 14.8. The maximum absolute atomic E-state index is 14.3. The van der Waals surface area contributed by atoms with Crippen LogP contribution in [-0.4, -0.2) is 46.8 Å². The molecule has 0 aliphatic carbocycles. The second kappa shape index (κ2) is 12.1. The van der Waals surface area contributed by atoms with Crippen LogP contribution in [0.2, 0.25) is 0 Å². The topological polar surface area (TPSA) is 88.7 Å². The van der Waals surface area contributed by atoms with E-state index in [1.54, 1.807) is 44.2 Å². The van der Waals surface area contributed by atoms with Crippen LogP contribution >= 0.6 is 12.4 Å². The lowest BCUT2D eigenvalue weighted by atomic mass is 9.94. The zero-order valence-corrected chi connectivity index (χ0v) is 21.3. The van der Waals surface area contributed by atoms with E-state index in [1.165, 1.54) is 18.2 Å². The van der Waals surface area contributed by atoms with Crippen molar-refractivity contribution in [2.45, 2.75) is 20.1 Å². The Morgan fingerprint density at radius 3 is 2.59 bits per heavy atom. The van der Waals surface area contributed by atoms with Crippen molar-refractivity contribution >= 4 is 18.4 Å². The first kappa shape index (κ1) is 27.9. The number of methoxy groups -OCH3 is 1. The predicted octanol–water partition coefficient (Wildman–Crippen LogP) is 5.74. The van der Waals surface area contributed by atoms with Crippen molar-refractivity contribution in [1.82, 2.24) is 15.0 Å². The van der Waals surface area contributed by atoms with Gasteiger partial charge in [0, 0.05) is 24.8 Å². The number of nitrogens with zero attached hydrogens (tertiary/aromatic N) is 3. The summed E-state index contributed by atoms with van der Waals surface area (Å²) in [5.74, 6) is -1.31. The summed E-state index contributed by atoms with van der Waals surface area (Å²) in [7, 11) is 3.22. The number of aliphatic carboxylic acids is 1. The number of carboxylic acid groups (broad SMARTS) is 1. The van der Waals surface area contributed by atoms with Gasteiger partial charge in [-0.15, -0.1) is 12.4 Å². The molecule has 37 heavy (non-hydrogen) atoms. The lowest BCUT2D eigenvalue weighted by Crippen LogP contribution is -2.25. The van der Waals surface area contributed by atoms with E-state index in [4.69, 9.17) is 14.4 Å². The molecule has 0 unspecified atom stereocenters. The lowest BCUT2D eigenvalue weighted by molar-refractivity contribution is -0.138. The summed E-state index contributed by atoms with van der Waals surface area (Å²) in [4.78, 5) is 16.9. The second-order valence-corrected chi connectivity index (χ2v) is 8.55. The van der Waals surface area contributed by atoms with Crippen LogP contribution in [0.15, 0.2) is 59.1 Å². The Morgan fingerprint density at radius 2 is 1.86 bits per heavy atom. The van der Waals surface area contributed by atoms with Crippen LogP contribution in [0.4, 0.5) is 8.78 Å². The molecule has 4 aromatic rings. The smallest absolute Gasteiger partial charge is 0.317 e. The third-order valence-corrected chi connectivity index (χ3v) is 5.71. The highest BCUT2D eigenvalue weighted by atomic mass is 35.5. The third kappa shape index (κ3) is 6.56. The van der Waals surface area contributed by atoms with E-state index >= 15 is 0 Å². The van der Waals surface area contributed by atoms with Gasteiger partial charge in [0.15, 0.2) is 0 Å². The van der Waals surface area contributed by atoms with Gasteiger partial charge in [0.05, 0.1) is 13.2 Å². The molecule has 0 amide bonds. The van der Waals surface area contributed by atoms with Crippen molar-refractivity contribution in [3.8, 4) is 34.0 Å². The molecule has 0 saturated heterocycles. The first-order chi connectivity index (χ1) is 17.2. The summed E-state index contributed by atoms with van der Waals surface area (Å²) in [6.07, 6.45) is 0. The van der Waals surface area contributed by atoms with Crippen molar-refractivity contribution < 1.29 is 27.9 Å². The minimum Gasteiger partial charge on any atom is -0.480 e. The molecule has 0 fully saturated rings. The highest BCUT2D eigenvalue weighted by Crippen LogP contribution is 2.32. The van der Waals surface area contributed by atoms with Gasteiger partial charge in [0.2, 0.25) is 5.82 Å². The molecule has 1 N–H and O–H groups in total. The number of aromatic nitrogens is 2. The number of carboxylic acids is 1. The molecule has 4 rings (SSSR count). The van der Waals surface area contributed by atoms with Gasteiger partial charge in [-0.3, -0.25) is 9.69 Å². The summed E-state index contributed by atoms with van der Waals surface area (Å²) in [5, 5.41) is 13.0. The van der Waals surface area contributed by atoms with E-state index < -0.39 is 11.8 Å². The van der Waals surface area contributed by atoms with E-state index in [-0.39, 0.29) is 49.6 Å². The monoisotopic (exact) mass is 529 g/mol. The molecule has 3 aromatic carbocycles. The quantitative estimate of drug-likeness (QED) is 0.295. The highest BCUT2D eigenvalue weighted by Gasteiger charge is 2.17. The van der Waals surface area contributed by atoms with Crippen LogP contribution in [-0.2, 0) is 22.7 Å². The molecule has 0 atom stereocenters. The minimum absolute atomic E-state index is 0. The molecular formula is C27H26ClF2N3O4. The molecule has 0 aliphatic heterocycles. The number of ether oxygens (including phenoxy) is 1. The van der Waals surface area contributed by atoms with Crippen LogP contribution in [0.1, 0.15) is 16.7 Å². The average molecular weight is 530 g/mol. The average Bonchev–Trinajstić information content (AvgIpc) is 3.31. The minimum atomic E-state index is -0.969. The van der Waals surface area contributed by atoms with Crippen molar-refractivity contribution in [2.75, 3.05) is 20.7 Å². The summed E-state index contributed by atoms with van der Waals surface area (Å²) < 4.78 is 39.3. The fraction of sp³-hybridized carbons (Fsp3) is 0.222. The van der Waals surface area contributed by atoms with Crippen molar-refractivity contribution in [3.05, 3.63) is 82.9 Å². The number of carbonyl (C=O) groups is 1. The molecule has 0 aliphatic rings. The highest BCUT2D eigenvalue weighted by molar-refractivity contribution is 5.85. The molecule has 0 spiro atoms. The Labute approximate surface area is 219 Å². The lowest BCUT2D eigenvalue weighted by Gasteiger charge is -2.14. The number of likely N-dealkylation sites (N-methyl/N-ethyl adjacent to an activating group) is 1. The van der Waals surface area contributed by atoms with E-state index in [0.717, 1.165) is 16.7 Å². The van der Waals surface area contributed by atoms with Gasteiger partial charge in [-0.2, -0.15) is 4.98 Å². The standard InChI is InChI=1S/C27H25F2N3O4.ClH/c1-16-22(5-4-6-24(16)29)23-8-7-18(11-20(23)15-35-3)27-30-26(31-36-27)19-9-17(10-21(28)12-19)13-32(2)14-25(33)34;/h4-12H,13-15H2,1-3H3,(H,33,34);1H. The summed E-state index contributed by atoms with van der Waals surface area (Å²) in [5.41, 5.74) is 4.58. The zero-order chi connectivity index (χ0) is 25.8. The zero-order valence-electron chi connectivity index (χ0n) is 20.5. The predicted molar refractivity (Wildman–Crippen MR) is 137 cm³/mol. The maximum Gasteiger partial charge on any atom is 0.317 e. The third-order valence-electron chi connectivity index (χ3n) is 5.71. The van der Waals surface area contributed by atoms with E-state index in [9.17, 15) is 13.6 Å². The number of halogens is 3. The Balaban J connectivity index is 0.00000380. The molecule has 0 bridgehead atoms. The van der Waals surface area contributed by atoms with Crippen molar-refractivity contribution in [3.63, 3.8) is 0 Å². The van der Waals surface area contributed by atoms with Crippen molar-refractivity contribution in [2.24, 2.45) is 0 Å². The number of hydrogen-bond acceptors (Lipinski definition) is 6. The summed E-state index contributed by atoms with van der Waals surface area (Å²) in [6.45, 7) is 2.08. The fourth-order valence-corrected chi connectivity index (χ4v) is 4.09. The first-order valence-corrected chi connectivity index (χ1v) is 11.2.